The molecule has 0 fully saturated rings. The lowest BCUT2D eigenvalue weighted by Crippen LogP contribution is -2.37. The number of benzene rings is 3. The number of rotatable bonds is 6. The van der Waals surface area contributed by atoms with Gasteiger partial charge in [-0.3, -0.25) is 13.9 Å². The molecule has 1 aliphatic heterocycles. The molecule has 1 aliphatic rings. The SMILES string of the molecule is COc1ccc(Cl)cc1NC(=O)C(C)OC(=O)CN1c2cccc3cccc(c23)S1(=O)=O. The zero-order valence-electron chi connectivity index (χ0n) is 17.2. The molecule has 1 atom stereocenters. The lowest BCUT2D eigenvalue weighted by atomic mass is 10.1. The Kier molecular flexibility index (Phi) is 5.70. The third-order valence-corrected chi connectivity index (χ3v) is 7.09. The zero-order chi connectivity index (χ0) is 23.0. The van der Waals surface area contributed by atoms with Crippen LogP contribution in [0.4, 0.5) is 11.4 Å². The lowest BCUT2D eigenvalue weighted by molar-refractivity contribution is -0.151. The normalized spacial score (nSPS) is 14.8. The number of halogens is 1. The van der Waals surface area contributed by atoms with Crippen molar-refractivity contribution in [3.05, 3.63) is 59.6 Å². The first kappa shape index (κ1) is 21.9. The highest BCUT2D eigenvalue weighted by molar-refractivity contribution is 7.93. The molecule has 0 aromatic heterocycles. The standard InChI is InChI=1S/C22H19ClN2O6S/c1-13(22(27)24-16-11-15(23)9-10-18(16)30-2)31-20(26)12-25-17-7-3-5-14-6-4-8-19(21(14)17)32(25,28)29/h3-11,13H,12H2,1-2H3,(H,24,27). The van der Waals surface area contributed by atoms with Gasteiger partial charge < -0.3 is 14.8 Å². The van der Waals surface area contributed by atoms with Crippen molar-refractivity contribution in [1.82, 2.24) is 0 Å². The fourth-order valence-corrected chi connectivity index (χ4v) is 5.37. The second kappa shape index (κ2) is 8.33. The van der Waals surface area contributed by atoms with Crippen LogP contribution in [0.25, 0.3) is 10.8 Å². The number of nitrogens with zero attached hydrogens (tertiary/aromatic N) is 1. The van der Waals surface area contributed by atoms with E-state index in [1.165, 1.54) is 26.2 Å². The number of amides is 1. The Balaban J connectivity index is 1.48. The summed E-state index contributed by atoms with van der Waals surface area (Å²) in [4.78, 5) is 25.2. The number of methoxy groups -OCH3 is 1. The van der Waals surface area contributed by atoms with E-state index in [2.05, 4.69) is 5.32 Å². The Labute approximate surface area is 189 Å². The van der Waals surface area contributed by atoms with Crippen LogP contribution in [0, 0.1) is 0 Å². The summed E-state index contributed by atoms with van der Waals surface area (Å²) in [6.07, 6.45) is -1.19. The molecule has 0 radical (unpaired) electrons. The molecule has 4 rings (SSSR count). The molecule has 3 aromatic rings. The van der Waals surface area contributed by atoms with Crippen molar-refractivity contribution in [3.8, 4) is 5.75 Å². The van der Waals surface area contributed by atoms with E-state index in [0.29, 0.717) is 27.5 Å². The molecule has 0 bridgehead atoms. The molecule has 1 N–H and O–H groups in total. The van der Waals surface area contributed by atoms with Gasteiger partial charge in [-0.2, -0.15) is 0 Å². The predicted octanol–water partition coefficient (Wildman–Crippen LogP) is 3.58. The van der Waals surface area contributed by atoms with E-state index in [-0.39, 0.29) is 4.90 Å². The number of hydrogen-bond acceptors (Lipinski definition) is 6. The van der Waals surface area contributed by atoms with Crippen LogP contribution in [0.15, 0.2) is 59.5 Å². The molecule has 0 saturated carbocycles. The van der Waals surface area contributed by atoms with Crippen molar-refractivity contribution >= 4 is 55.6 Å². The van der Waals surface area contributed by atoms with E-state index >= 15 is 0 Å². The minimum Gasteiger partial charge on any atom is -0.495 e. The molecule has 166 valence electrons. The fraction of sp³-hybridized carbons (Fsp3) is 0.182. The van der Waals surface area contributed by atoms with Gasteiger partial charge in [0, 0.05) is 10.4 Å². The maximum absolute atomic E-state index is 13.0. The molecule has 3 aromatic carbocycles. The summed E-state index contributed by atoms with van der Waals surface area (Å²) in [5.41, 5.74) is 0.716. The largest absolute Gasteiger partial charge is 0.495 e. The summed E-state index contributed by atoms with van der Waals surface area (Å²) in [7, 11) is -2.47. The van der Waals surface area contributed by atoms with Gasteiger partial charge in [0.2, 0.25) is 0 Å². The van der Waals surface area contributed by atoms with Crippen LogP contribution < -0.4 is 14.4 Å². The van der Waals surface area contributed by atoms with E-state index in [0.717, 1.165) is 9.69 Å². The number of carbonyl (C=O) groups is 2. The number of ether oxygens (including phenoxy) is 2. The minimum absolute atomic E-state index is 0.136. The van der Waals surface area contributed by atoms with Gasteiger partial charge in [0.15, 0.2) is 6.10 Å². The smallest absolute Gasteiger partial charge is 0.327 e. The topological polar surface area (TPSA) is 102 Å². The van der Waals surface area contributed by atoms with E-state index < -0.39 is 34.5 Å². The first-order valence-corrected chi connectivity index (χ1v) is 11.4. The van der Waals surface area contributed by atoms with Crippen LogP contribution >= 0.6 is 11.6 Å². The average molecular weight is 475 g/mol. The Hall–Kier alpha value is -3.30. The zero-order valence-corrected chi connectivity index (χ0v) is 18.7. The van der Waals surface area contributed by atoms with Gasteiger partial charge in [-0.05, 0) is 42.6 Å². The maximum Gasteiger partial charge on any atom is 0.327 e. The van der Waals surface area contributed by atoms with Crippen molar-refractivity contribution < 1.29 is 27.5 Å². The lowest BCUT2D eigenvalue weighted by Gasteiger charge is -2.20. The molecule has 1 heterocycles. The van der Waals surface area contributed by atoms with Crippen molar-refractivity contribution in [2.75, 3.05) is 23.3 Å². The molecule has 0 aliphatic carbocycles. The maximum atomic E-state index is 13.0. The summed E-state index contributed by atoms with van der Waals surface area (Å²) in [5.74, 6) is -1.09. The Bertz CT molecular complexity index is 1340. The van der Waals surface area contributed by atoms with Gasteiger partial charge in [-0.1, -0.05) is 35.9 Å². The molecular formula is C22H19ClN2O6S. The van der Waals surface area contributed by atoms with Crippen molar-refractivity contribution in [2.24, 2.45) is 0 Å². The van der Waals surface area contributed by atoms with E-state index in [1.807, 2.05) is 0 Å². The Morgan fingerprint density at radius 3 is 2.56 bits per heavy atom. The van der Waals surface area contributed by atoms with Crippen LogP contribution in [0.2, 0.25) is 5.02 Å². The first-order valence-electron chi connectivity index (χ1n) is 9.60. The minimum atomic E-state index is -3.91. The van der Waals surface area contributed by atoms with Crippen molar-refractivity contribution in [2.45, 2.75) is 17.9 Å². The number of anilines is 2. The van der Waals surface area contributed by atoms with Crippen LogP contribution in [0.1, 0.15) is 6.92 Å². The van der Waals surface area contributed by atoms with Crippen molar-refractivity contribution in [3.63, 3.8) is 0 Å². The second-order valence-corrected chi connectivity index (χ2v) is 9.38. The molecule has 32 heavy (non-hydrogen) atoms. The molecule has 8 nitrogen and oxygen atoms in total. The third kappa shape index (κ3) is 3.85. The summed E-state index contributed by atoms with van der Waals surface area (Å²) in [6, 6.07) is 14.8. The summed E-state index contributed by atoms with van der Waals surface area (Å²) in [6.45, 7) is 0.826. The predicted molar refractivity (Wildman–Crippen MR) is 121 cm³/mol. The van der Waals surface area contributed by atoms with Crippen LogP contribution in [0.5, 0.6) is 5.75 Å². The molecule has 0 spiro atoms. The average Bonchev–Trinajstić information content (AvgIpc) is 2.97. The van der Waals surface area contributed by atoms with E-state index in [4.69, 9.17) is 21.1 Å². The summed E-state index contributed by atoms with van der Waals surface area (Å²) < 4.78 is 37.3. The Morgan fingerprint density at radius 2 is 1.84 bits per heavy atom. The summed E-state index contributed by atoms with van der Waals surface area (Å²) in [5, 5.41) is 4.29. The molecular weight excluding hydrogens is 456 g/mol. The molecule has 0 saturated heterocycles. The second-order valence-electron chi connectivity index (χ2n) is 7.11. The number of esters is 1. The van der Waals surface area contributed by atoms with Gasteiger partial charge in [0.05, 0.1) is 23.4 Å². The van der Waals surface area contributed by atoms with Gasteiger partial charge in [0.1, 0.15) is 12.3 Å². The number of carbonyl (C=O) groups excluding carboxylic acids is 2. The van der Waals surface area contributed by atoms with Crippen LogP contribution in [-0.4, -0.2) is 40.1 Å². The third-order valence-electron chi connectivity index (χ3n) is 5.05. The summed E-state index contributed by atoms with van der Waals surface area (Å²) >= 11 is 5.96. The number of nitrogens with one attached hydrogen (secondary N) is 1. The molecule has 1 amide bonds. The molecule has 10 heteroatoms. The molecule has 1 unspecified atom stereocenters. The monoisotopic (exact) mass is 474 g/mol. The highest BCUT2D eigenvalue weighted by Gasteiger charge is 2.37. The number of sulfonamides is 1. The Morgan fingerprint density at radius 1 is 1.12 bits per heavy atom. The highest BCUT2D eigenvalue weighted by Crippen LogP contribution is 2.41. The fourth-order valence-electron chi connectivity index (χ4n) is 3.55. The van der Waals surface area contributed by atoms with Gasteiger partial charge in [0.25, 0.3) is 15.9 Å². The quantitative estimate of drug-likeness (QED) is 0.548. The van der Waals surface area contributed by atoms with Crippen LogP contribution in [-0.2, 0) is 24.3 Å². The number of hydrogen-bond donors (Lipinski definition) is 1. The van der Waals surface area contributed by atoms with E-state index in [1.54, 1.807) is 42.5 Å². The van der Waals surface area contributed by atoms with Crippen LogP contribution in [0.3, 0.4) is 0 Å². The van der Waals surface area contributed by atoms with E-state index in [9.17, 15) is 18.0 Å². The van der Waals surface area contributed by atoms with Crippen molar-refractivity contribution in [1.29, 1.82) is 0 Å². The van der Waals surface area contributed by atoms with Gasteiger partial charge in [-0.25, -0.2) is 8.42 Å². The first-order chi connectivity index (χ1) is 15.2. The van der Waals surface area contributed by atoms with Gasteiger partial charge >= 0.3 is 5.97 Å². The highest BCUT2D eigenvalue weighted by atomic mass is 35.5. The van der Waals surface area contributed by atoms with Gasteiger partial charge in [-0.15, -0.1) is 0 Å².